The second kappa shape index (κ2) is 7.77. The standard InChI is InChI=1S/C16H13Cl2N3O5/c1-23-7-8-3-9-12(6-20-15(24-2)14(9)25-8)26-16(22)21-13-10(17)4-19-5-11(13)18/h3-6H,7H2,1-2H3,(H,19,21,22). The number of rotatable bonds is 5. The topological polar surface area (TPSA) is 95.7 Å². The lowest BCUT2D eigenvalue weighted by Gasteiger charge is -2.10. The van der Waals surface area contributed by atoms with Crippen molar-refractivity contribution in [1.29, 1.82) is 0 Å². The lowest BCUT2D eigenvalue weighted by Crippen LogP contribution is -2.17. The molecular weight excluding hydrogens is 385 g/mol. The summed E-state index contributed by atoms with van der Waals surface area (Å²) in [7, 11) is 3.00. The number of furan rings is 1. The number of pyridine rings is 2. The first-order valence-corrected chi connectivity index (χ1v) is 8.01. The summed E-state index contributed by atoms with van der Waals surface area (Å²) < 4.78 is 21.2. The summed E-state index contributed by atoms with van der Waals surface area (Å²) >= 11 is 11.9. The molecule has 0 saturated carbocycles. The van der Waals surface area contributed by atoms with Crippen molar-refractivity contribution in [1.82, 2.24) is 9.97 Å². The molecule has 3 aromatic heterocycles. The van der Waals surface area contributed by atoms with E-state index in [1.54, 1.807) is 6.07 Å². The second-order valence-corrected chi connectivity index (χ2v) is 5.83. The third-order valence-electron chi connectivity index (χ3n) is 3.30. The van der Waals surface area contributed by atoms with Crippen molar-refractivity contribution in [2.45, 2.75) is 6.61 Å². The number of fused-ring (bicyclic) bond motifs is 1. The van der Waals surface area contributed by atoms with Crippen LogP contribution in [-0.4, -0.2) is 30.3 Å². The van der Waals surface area contributed by atoms with Crippen LogP contribution in [0.15, 0.2) is 29.1 Å². The summed E-state index contributed by atoms with van der Waals surface area (Å²) in [5.74, 6) is 0.959. The van der Waals surface area contributed by atoms with Crippen molar-refractivity contribution in [3.8, 4) is 11.6 Å². The van der Waals surface area contributed by atoms with Crippen LogP contribution < -0.4 is 14.8 Å². The second-order valence-electron chi connectivity index (χ2n) is 5.01. The zero-order valence-corrected chi connectivity index (χ0v) is 15.2. The van der Waals surface area contributed by atoms with Crippen molar-refractivity contribution in [2.75, 3.05) is 19.5 Å². The maximum atomic E-state index is 12.2. The summed E-state index contributed by atoms with van der Waals surface area (Å²) in [4.78, 5) is 20.1. The summed E-state index contributed by atoms with van der Waals surface area (Å²) in [6.07, 6.45) is 3.25. The molecule has 3 aromatic rings. The number of carbonyl (C=O) groups is 1. The molecule has 1 N–H and O–H groups in total. The fourth-order valence-electron chi connectivity index (χ4n) is 2.23. The molecule has 26 heavy (non-hydrogen) atoms. The fourth-order valence-corrected chi connectivity index (χ4v) is 2.69. The van der Waals surface area contributed by atoms with E-state index in [-0.39, 0.29) is 34.0 Å². The van der Waals surface area contributed by atoms with Gasteiger partial charge in [-0.05, 0) is 6.07 Å². The smallest absolute Gasteiger partial charge is 0.417 e. The number of hydrogen-bond donors (Lipinski definition) is 1. The van der Waals surface area contributed by atoms with Crippen LogP contribution in [0.5, 0.6) is 11.6 Å². The van der Waals surface area contributed by atoms with E-state index in [0.717, 1.165) is 0 Å². The predicted molar refractivity (Wildman–Crippen MR) is 95.2 cm³/mol. The SMILES string of the molecule is COCc1cc2c(OC(=O)Nc3c(Cl)cncc3Cl)cnc(OC)c2o1. The summed E-state index contributed by atoms with van der Waals surface area (Å²) in [6.45, 7) is 0.242. The Morgan fingerprint density at radius 2 is 1.96 bits per heavy atom. The fraction of sp³-hybridized carbons (Fsp3) is 0.188. The minimum atomic E-state index is -0.803. The Balaban J connectivity index is 1.89. The Labute approximate surface area is 158 Å². The Kier molecular flexibility index (Phi) is 5.46. The molecule has 136 valence electrons. The van der Waals surface area contributed by atoms with E-state index < -0.39 is 6.09 Å². The van der Waals surface area contributed by atoms with Gasteiger partial charge in [0.15, 0.2) is 11.3 Å². The van der Waals surface area contributed by atoms with Crippen molar-refractivity contribution < 1.29 is 23.4 Å². The van der Waals surface area contributed by atoms with Gasteiger partial charge in [-0.2, -0.15) is 0 Å². The number of hydrogen-bond acceptors (Lipinski definition) is 7. The lowest BCUT2D eigenvalue weighted by molar-refractivity contribution is 0.166. The molecule has 10 heteroatoms. The number of nitrogens with one attached hydrogen (secondary N) is 1. The molecule has 8 nitrogen and oxygen atoms in total. The first-order chi connectivity index (χ1) is 12.5. The number of amides is 1. The monoisotopic (exact) mass is 397 g/mol. The van der Waals surface area contributed by atoms with Crippen LogP contribution in [-0.2, 0) is 11.3 Å². The van der Waals surface area contributed by atoms with Gasteiger partial charge in [0.2, 0.25) is 0 Å². The van der Waals surface area contributed by atoms with Crippen LogP contribution in [0.4, 0.5) is 10.5 Å². The minimum absolute atomic E-state index is 0.172. The zero-order chi connectivity index (χ0) is 18.7. The van der Waals surface area contributed by atoms with E-state index in [1.807, 2.05) is 0 Å². The van der Waals surface area contributed by atoms with Crippen LogP contribution in [0.25, 0.3) is 11.0 Å². The van der Waals surface area contributed by atoms with Crippen LogP contribution in [0, 0.1) is 0 Å². The van der Waals surface area contributed by atoms with E-state index in [0.29, 0.717) is 16.7 Å². The predicted octanol–water partition coefficient (Wildman–Crippen LogP) is 4.30. The highest BCUT2D eigenvalue weighted by molar-refractivity contribution is 6.39. The molecule has 0 unspecified atom stereocenters. The van der Waals surface area contributed by atoms with Gasteiger partial charge >= 0.3 is 6.09 Å². The molecule has 1 amide bonds. The molecule has 0 aliphatic heterocycles. The highest BCUT2D eigenvalue weighted by Gasteiger charge is 2.18. The van der Waals surface area contributed by atoms with Crippen LogP contribution >= 0.6 is 23.2 Å². The normalized spacial score (nSPS) is 10.8. The molecule has 0 radical (unpaired) electrons. The Hall–Kier alpha value is -2.55. The van der Waals surface area contributed by atoms with Crippen molar-refractivity contribution in [3.05, 3.63) is 40.5 Å². The zero-order valence-electron chi connectivity index (χ0n) is 13.7. The average Bonchev–Trinajstić information content (AvgIpc) is 3.03. The van der Waals surface area contributed by atoms with E-state index >= 15 is 0 Å². The molecule has 0 saturated heterocycles. The molecule has 0 atom stereocenters. The summed E-state index contributed by atoms with van der Waals surface area (Å²) in [6, 6.07) is 1.68. The van der Waals surface area contributed by atoms with Crippen LogP contribution in [0.1, 0.15) is 5.76 Å². The van der Waals surface area contributed by atoms with Crippen LogP contribution in [0.2, 0.25) is 10.0 Å². The molecule has 0 fully saturated rings. The van der Waals surface area contributed by atoms with Crippen molar-refractivity contribution >= 4 is 46.0 Å². The summed E-state index contributed by atoms with van der Waals surface area (Å²) in [5, 5.41) is 3.34. The first-order valence-electron chi connectivity index (χ1n) is 7.25. The average molecular weight is 398 g/mol. The minimum Gasteiger partial charge on any atom is -0.478 e. The van der Waals surface area contributed by atoms with E-state index in [4.69, 9.17) is 41.8 Å². The van der Waals surface area contributed by atoms with Gasteiger partial charge < -0.3 is 18.6 Å². The van der Waals surface area contributed by atoms with E-state index in [9.17, 15) is 4.79 Å². The third kappa shape index (κ3) is 3.67. The molecule has 3 rings (SSSR count). The number of halogens is 2. The van der Waals surface area contributed by atoms with E-state index in [1.165, 1.54) is 32.8 Å². The molecule has 0 aliphatic carbocycles. The van der Waals surface area contributed by atoms with Gasteiger partial charge in [0.05, 0.1) is 34.4 Å². The highest BCUT2D eigenvalue weighted by atomic mass is 35.5. The molecule has 0 bridgehead atoms. The van der Waals surface area contributed by atoms with Crippen LogP contribution in [0.3, 0.4) is 0 Å². The number of methoxy groups -OCH3 is 2. The molecule has 0 aliphatic rings. The lowest BCUT2D eigenvalue weighted by atomic mass is 10.3. The number of carbonyl (C=O) groups excluding carboxylic acids is 1. The Bertz CT molecular complexity index is 940. The van der Waals surface area contributed by atoms with Gasteiger partial charge in [-0.25, -0.2) is 9.78 Å². The maximum Gasteiger partial charge on any atom is 0.417 e. The summed E-state index contributed by atoms with van der Waals surface area (Å²) in [5.41, 5.74) is 0.531. The van der Waals surface area contributed by atoms with Gasteiger partial charge in [0, 0.05) is 19.5 Å². The van der Waals surface area contributed by atoms with Crippen molar-refractivity contribution in [3.63, 3.8) is 0 Å². The van der Waals surface area contributed by atoms with Gasteiger partial charge in [0.25, 0.3) is 5.88 Å². The molecule has 0 aromatic carbocycles. The van der Waals surface area contributed by atoms with Gasteiger partial charge in [0.1, 0.15) is 12.4 Å². The number of aromatic nitrogens is 2. The van der Waals surface area contributed by atoms with Crippen molar-refractivity contribution in [2.24, 2.45) is 0 Å². The first kappa shape index (κ1) is 18.2. The molecular formula is C16H13Cl2N3O5. The van der Waals surface area contributed by atoms with E-state index in [2.05, 4.69) is 15.3 Å². The number of ether oxygens (including phenoxy) is 3. The third-order valence-corrected chi connectivity index (χ3v) is 3.88. The Morgan fingerprint density at radius 3 is 2.62 bits per heavy atom. The quantitative estimate of drug-likeness (QED) is 0.685. The largest absolute Gasteiger partial charge is 0.478 e. The number of nitrogens with zero attached hydrogens (tertiary/aromatic N) is 2. The molecule has 3 heterocycles. The van der Waals surface area contributed by atoms with Gasteiger partial charge in [-0.1, -0.05) is 23.2 Å². The number of anilines is 1. The molecule has 0 spiro atoms. The Morgan fingerprint density at radius 1 is 1.23 bits per heavy atom. The maximum absolute atomic E-state index is 12.2. The van der Waals surface area contributed by atoms with Gasteiger partial charge in [-0.3, -0.25) is 10.3 Å². The van der Waals surface area contributed by atoms with Gasteiger partial charge in [-0.15, -0.1) is 0 Å². The highest BCUT2D eigenvalue weighted by Crippen LogP contribution is 2.34.